The molecule has 9 aromatic rings. The van der Waals surface area contributed by atoms with E-state index < -0.39 is 0 Å². The average Bonchev–Trinajstić information content (AvgIpc) is 3.18. The van der Waals surface area contributed by atoms with Gasteiger partial charge in [0.05, 0.1) is 11.2 Å². The molecule has 48 heavy (non-hydrogen) atoms. The first kappa shape index (κ1) is 27.7. The molecule has 224 valence electrons. The summed E-state index contributed by atoms with van der Waals surface area (Å²) in [7, 11) is 0. The minimum atomic E-state index is 0.603. The summed E-state index contributed by atoms with van der Waals surface area (Å²) >= 11 is 0. The lowest BCUT2D eigenvalue weighted by Gasteiger charge is -2.13. The highest BCUT2D eigenvalue weighted by Gasteiger charge is 2.17. The quantitative estimate of drug-likeness (QED) is 0.181. The maximum absolute atomic E-state index is 5.19. The van der Waals surface area contributed by atoms with E-state index in [1.807, 2.05) is 66.7 Å². The fraction of sp³-hybridized carbons (Fsp3) is 0. The van der Waals surface area contributed by atoms with Crippen LogP contribution in [0.4, 0.5) is 0 Å². The lowest BCUT2D eigenvalue weighted by atomic mass is 9.99. The van der Waals surface area contributed by atoms with E-state index in [1.165, 1.54) is 5.39 Å². The van der Waals surface area contributed by atoms with Crippen LogP contribution in [0.3, 0.4) is 0 Å². The molecule has 0 unspecified atom stereocenters. The van der Waals surface area contributed by atoms with Crippen LogP contribution >= 0.6 is 0 Å². The molecule has 0 saturated heterocycles. The van der Waals surface area contributed by atoms with Crippen molar-refractivity contribution in [3.05, 3.63) is 164 Å². The van der Waals surface area contributed by atoms with E-state index in [1.54, 1.807) is 0 Å². The first-order valence-electron chi connectivity index (χ1n) is 15.9. The Balaban J connectivity index is 1.28. The van der Waals surface area contributed by atoms with Gasteiger partial charge in [-0.25, -0.2) is 24.9 Å². The molecule has 2 heterocycles. The number of fused-ring (bicyclic) bond motifs is 4. The van der Waals surface area contributed by atoms with Crippen LogP contribution in [0.25, 0.3) is 89.3 Å². The molecule has 0 radical (unpaired) electrons. The third-order valence-corrected chi connectivity index (χ3v) is 8.70. The van der Waals surface area contributed by atoms with Gasteiger partial charge in [-0.05, 0) is 34.4 Å². The van der Waals surface area contributed by atoms with Gasteiger partial charge in [-0.2, -0.15) is 0 Å². The number of hydrogen-bond donors (Lipinski definition) is 0. The average molecular weight is 614 g/mol. The van der Waals surface area contributed by atoms with Crippen LogP contribution in [0, 0.1) is 0 Å². The monoisotopic (exact) mass is 613 g/mol. The zero-order valence-electron chi connectivity index (χ0n) is 25.8. The largest absolute Gasteiger partial charge is 0.227 e. The van der Waals surface area contributed by atoms with E-state index in [9.17, 15) is 0 Å². The summed E-state index contributed by atoms with van der Waals surface area (Å²) in [6, 6.07) is 55.8. The van der Waals surface area contributed by atoms with Crippen LogP contribution in [0.1, 0.15) is 0 Å². The summed E-state index contributed by atoms with van der Waals surface area (Å²) in [5, 5.41) is 5.39. The van der Waals surface area contributed by atoms with Crippen LogP contribution in [0.15, 0.2) is 164 Å². The van der Waals surface area contributed by atoms with E-state index in [0.29, 0.717) is 23.3 Å². The summed E-state index contributed by atoms with van der Waals surface area (Å²) in [6.07, 6.45) is 0. The van der Waals surface area contributed by atoms with E-state index >= 15 is 0 Å². The van der Waals surface area contributed by atoms with Gasteiger partial charge in [-0.15, -0.1) is 0 Å². The normalized spacial score (nSPS) is 11.3. The Hall–Kier alpha value is -6.59. The fourth-order valence-corrected chi connectivity index (χ4v) is 6.26. The van der Waals surface area contributed by atoms with E-state index in [4.69, 9.17) is 24.9 Å². The van der Waals surface area contributed by atoms with Crippen LogP contribution < -0.4 is 0 Å². The molecular formula is C43H27N5. The molecule has 2 aromatic heterocycles. The molecule has 0 N–H and O–H groups in total. The molecule has 0 spiro atoms. The Labute approximate surface area is 277 Å². The molecule has 5 nitrogen and oxygen atoms in total. The molecule has 0 atom stereocenters. The van der Waals surface area contributed by atoms with Crippen molar-refractivity contribution in [2.75, 3.05) is 0 Å². The van der Waals surface area contributed by atoms with Crippen molar-refractivity contribution in [3.63, 3.8) is 0 Å². The van der Waals surface area contributed by atoms with Gasteiger partial charge in [0.25, 0.3) is 0 Å². The molecular weight excluding hydrogens is 587 g/mol. The van der Waals surface area contributed by atoms with Gasteiger partial charge in [-0.1, -0.05) is 146 Å². The third-order valence-electron chi connectivity index (χ3n) is 8.70. The zero-order valence-corrected chi connectivity index (χ0v) is 25.8. The Kier molecular flexibility index (Phi) is 6.72. The van der Waals surface area contributed by atoms with Crippen molar-refractivity contribution in [1.29, 1.82) is 0 Å². The summed E-state index contributed by atoms with van der Waals surface area (Å²) in [4.78, 5) is 25.3. The molecule has 9 rings (SSSR count). The molecule has 0 bridgehead atoms. The van der Waals surface area contributed by atoms with Gasteiger partial charge >= 0.3 is 0 Å². The third kappa shape index (κ3) is 5.04. The van der Waals surface area contributed by atoms with E-state index in [-0.39, 0.29) is 0 Å². The second kappa shape index (κ2) is 11.6. The Morgan fingerprint density at radius 1 is 0.271 bits per heavy atom. The van der Waals surface area contributed by atoms with E-state index in [0.717, 1.165) is 60.6 Å². The number of rotatable bonds is 5. The van der Waals surface area contributed by atoms with Crippen molar-refractivity contribution in [1.82, 2.24) is 24.9 Å². The molecule has 0 aliphatic heterocycles. The van der Waals surface area contributed by atoms with Crippen molar-refractivity contribution in [3.8, 4) is 56.8 Å². The van der Waals surface area contributed by atoms with Crippen LogP contribution in [0.5, 0.6) is 0 Å². The first-order chi connectivity index (χ1) is 23.8. The van der Waals surface area contributed by atoms with E-state index in [2.05, 4.69) is 97.1 Å². The topological polar surface area (TPSA) is 64.5 Å². The van der Waals surface area contributed by atoms with Gasteiger partial charge in [0, 0.05) is 38.6 Å². The second-order valence-electron chi connectivity index (χ2n) is 11.8. The van der Waals surface area contributed by atoms with Gasteiger partial charge in [-0.3, -0.25) is 0 Å². The predicted octanol–water partition coefficient (Wildman–Crippen LogP) is 10.5. The minimum absolute atomic E-state index is 0.603. The predicted molar refractivity (Wildman–Crippen MR) is 195 cm³/mol. The van der Waals surface area contributed by atoms with Crippen molar-refractivity contribution in [2.45, 2.75) is 0 Å². The van der Waals surface area contributed by atoms with Gasteiger partial charge < -0.3 is 0 Å². The van der Waals surface area contributed by atoms with Gasteiger partial charge in [0.15, 0.2) is 23.3 Å². The molecule has 7 aromatic carbocycles. The van der Waals surface area contributed by atoms with Crippen molar-refractivity contribution >= 4 is 32.4 Å². The lowest BCUT2D eigenvalue weighted by Crippen LogP contribution is -2.00. The maximum Gasteiger partial charge on any atom is 0.164 e. The molecule has 0 aliphatic carbocycles. The van der Waals surface area contributed by atoms with Crippen molar-refractivity contribution in [2.24, 2.45) is 0 Å². The SMILES string of the molecule is c1ccc(-c2nc(-c3ccc4ccccc4c3)nc(-c3ccc4ccc5c(-c6ccccc6)nc(-c6ccccc6)nc5c4c3)n2)cc1. The molecule has 0 saturated carbocycles. The fourth-order valence-electron chi connectivity index (χ4n) is 6.26. The zero-order chi connectivity index (χ0) is 31.9. The van der Waals surface area contributed by atoms with Crippen molar-refractivity contribution < 1.29 is 0 Å². The molecule has 0 amide bonds. The lowest BCUT2D eigenvalue weighted by molar-refractivity contribution is 1.08. The Bertz CT molecular complexity index is 2600. The second-order valence-corrected chi connectivity index (χ2v) is 11.8. The minimum Gasteiger partial charge on any atom is -0.227 e. The maximum atomic E-state index is 5.19. The van der Waals surface area contributed by atoms with Crippen LogP contribution in [-0.4, -0.2) is 24.9 Å². The van der Waals surface area contributed by atoms with Crippen LogP contribution in [0.2, 0.25) is 0 Å². The first-order valence-corrected chi connectivity index (χ1v) is 15.9. The van der Waals surface area contributed by atoms with Gasteiger partial charge in [0.1, 0.15) is 0 Å². The Morgan fingerprint density at radius 2 is 0.750 bits per heavy atom. The summed E-state index contributed by atoms with van der Waals surface area (Å²) in [5.74, 6) is 2.54. The number of nitrogens with zero attached hydrogens (tertiary/aromatic N) is 5. The highest BCUT2D eigenvalue weighted by atomic mass is 15.0. The molecule has 5 heteroatoms. The number of benzene rings is 7. The smallest absolute Gasteiger partial charge is 0.164 e. The highest BCUT2D eigenvalue weighted by molar-refractivity contribution is 6.10. The number of hydrogen-bond acceptors (Lipinski definition) is 5. The van der Waals surface area contributed by atoms with Gasteiger partial charge in [0.2, 0.25) is 0 Å². The highest BCUT2D eigenvalue weighted by Crippen LogP contribution is 2.35. The summed E-state index contributed by atoms with van der Waals surface area (Å²) in [5.41, 5.74) is 6.55. The van der Waals surface area contributed by atoms with Crippen LogP contribution in [-0.2, 0) is 0 Å². The number of aromatic nitrogens is 5. The summed E-state index contributed by atoms with van der Waals surface area (Å²) in [6.45, 7) is 0. The summed E-state index contributed by atoms with van der Waals surface area (Å²) < 4.78 is 0. The standard InChI is InChI=1S/C43H27N5/c1-4-13-30(14-5-1)38-36-25-24-29-21-23-35(27-37(29)39(36)45-40(44-38)31-15-6-2-7-16-31)43-47-41(32-17-8-3-9-18-32)46-42(48-43)34-22-20-28-12-10-11-19-33(28)26-34/h1-27H. The molecule has 0 fully saturated rings. The molecule has 0 aliphatic rings. The Morgan fingerprint density at radius 3 is 1.40 bits per heavy atom.